The summed E-state index contributed by atoms with van der Waals surface area (Å²) >= 11 is 0. The number of aromatic amines is 1. The number of pyridine rings is 1. The lowest BCUT2D eigenvalue weighted by atomic mass is 10.1. The average Bonchev–Trinajstić information content (AvgIpc) is 3.23. The first kappa shape index (κ1) is 19.7. The zero-order chi connectivity index (χ0) is 19.3. The van der Waals surface area contributed by atoms with Gasteiger partial charge in [-0.3, -0.25) is 9.89 Å². The van der Waals surface area contributed by atoms with E-state index in [0.717, 1.165) is 29.7 Å². The number of hydrogen-bond donors (Lipinski definition) is 3. The van der Waals surface area contributed by atoms with Gasteiger partial charge in [0.15, 0.2) is 5.82 Å². The van der Waals surface area contributed by atoms with Crippen LogP contribution in [0.5, 0.6) is 0 Å². The van der Waals surface area contributed by atoms with E-state index in [1.807, 2.05) is 30.9 Å². The van der Waals surface area contributed by atoms with Crippen molar-refractivity contribution in [2.75, 3.05) is 25.0 Å². The van der Waals surface area contributed by atoms with Crippen LogP contribution in [0.15, 0.2) is 22.8 Å². The fraction of sp³-hybridized carbons (Fsp3) is 0.450. The lowest BCUT2D eigenvalue weighted by molar-refractivity contribution is 0.0649. The van der Waals surface area contributed by atoms with Crippen molar-refractivity contribution in [1.29, 1.82) is 0 Å². The Morgan fingerprint density at radius 1 is 1.38 bits per heavy atom. The van der Waals surface area contributed by atoms with Crippen LogP contribution in [0, 0.1) is 6.92 Å². The van der Waals surface area contributed by atoms with Crippen molar-refractivity contribution in [3.63, 3.8) is 0 Å². The number of hydrogen-bond acceptors (Lipinski definition) is 6. The van der Waals surface area contributed by atoms with E-state index in [0.29, 0.717) is 35.4 Å². The van der Waals surface area contributed by atoms with Gasteiger partial charge in [0.05, 0.1) is 11.6 Å². The first-order valence-electron chi connectivity index (χ1n) is 9.83. The van der Waals surface area contributed by atoms with Gasteiger partial charge < -0.3 is 20.0 Å². The summed E-state index contributed by atoms with van der Waals surface area (Å²) in [5.74, 6) is 1.83. The number of piperazine rings is 1. The quantitative estimate of drug-likeness (QED) is 0.603. The van der Waals surface area contributed by atoms with Crippen LogP contribution >= 0.6 is 12.4 Å². The molecule has 154 valence electrons. The number of rotatable bonds is 4. The molecule has 1 amide bonds. The monoisotopic (exact) mass is 416 g/mol. The number of carbonyl (C=O) groups excluding carboxylic acids is 1. The number of furan rings is 1. The van der Waals surface area contributed by atoms with Gasteiger partial charge in [-0.1, -0.05) is 0 Å². The summed E-state index contributed by atoms with van der Waals surface area (Å²) in [7, 11) is 0. The first-order chi connectivity index (χ1) is 13.6. The molecule has 5 rings (SSSR count). The van der Waals surface area contributed by atoms with Gasteiger partial charge in [-0.25, -0.2) is 4.98 Å². The first-order valence-corrected chi connectivity index (χ1v) is 9.83. The molecule has 9 heteroatoms. The highest BCUT2D eigenvalue weighted by Gasteiger charge is 2.29. The molecule has 1 atom stereocenters. The van der Waals surface area contributed by atoms with Crippen LogP contribution in [-0.4, -0.2) is 51.7 Å². The summed E-state index contributed by atoms with van der Waals surface area (Å²) in [5, 5.41) is 14.9. The molecule has 1 saturated carbocycles. The van der Waals surface area contributed by atoms with E-state index in [4.69, 9.17) is 9.40 Å². The molecule has 1 aliphatic heterocycles. The van der Waals surface area contributed by atoms with Crippen molar-refractivity contribution in [2.24, 2.45) is 0 Å². The predicted molar refractivity (Wildman–Crippen MR) is 113 cm³/mol. The van der Waals surface area contributed by atoms with E-state index >= 15 is 0 Å². The predicted octanol–water partition coefficient (Wildman–Crippen LogP) is 3.34. The number of carbonyl (C=O) groups is 1. The fourth-order valence-corrected chi connectivity index (χ4v) is 3.86. The Hall–Kier alpha value is -2.58. The molecule has 0 spiro atoms. The summed E-state index contributed by atoms with van der Waals surface area (Å²) in [4.78, 5) is 19.8. The van der Waals surface area contributed by atoms with Crippen LogP contribution in [0.4, 0.5) is 11.6 Å². The van der Waals surface area contributed by atoms with Crippen molar-refractivity contribution >= 4 is 40.9 Å². The Morgan fingerprint density at radius 2 is 2.21 bits per heavy atom. The average molecular weight is 417 g/mol. The highest BCUT2D eigenvalue weighted by atomic mass is 35.5. The molecule has 0 aromatic carbocycles. The van der Waals surface area contributed by atoms with Crippen LogP contribution in [0.2, 0.25) is 0 Å². The molecule has 3 N–H and O–H groups in total. The van der Waals surface area contributed by atoms with Crippen molar-refractivity contribution in [1.82, 2.24) is 25.4 Å². The number of nitrogens with one attached hydrogen (secondary N) is 3. The molecule has 0 unspecified atom stereocenters. The highest BCUT2D eigenvalue weighted by molar-refractivity contribution is 6.01. The standard InChI is InChI=1S/C20H24N6O2.ClH/c1-11-10-21-6-7-26(11)20(27)17-12(2)18-14(5-8-28-18)19(23-17)22-16-9-15(24-25-16)13-3-4-13;/h5,8-9,11,13,21H,3-4,6-7,10H2,1-2H3,(H2,22,23,24,25);1H/t11-;/m1./s1. The molecule has 3 aromatic heterocycles. The maximum Gasteiger partial charge on any atom is 0.273 e. The normalized spacial score (nSPS) is 19.2. The van der Waals surface area contributed by atoms with Crippen molar-refractivity contribution in [3.05, 3.63) is 35.3 Å². The second-order valence-corrected chi connectivity index (χ2v) is 7.76. The van der Waals surface area contributed by atoms with E-state index in [2.05, 4.69) is 20.8 Å². The third kappa shape index (κ3) is 3.58. The molecule has 4 heterocycles. The van der Waals surface area contributed by atoms with E-state index in [9.17, 15) is 4.79 Å². The molecular formula is C20H25ClN6O2. The number of anilines is 2. The zero-order valence-corrected chi connectivity index (χ0v) is 17.3. The van der Waals surface area contributed by atoms with E-state index in [1.165, 1.54) is 12.8 Å². The van der Waals surface area contributed by atoms with E-state index in [-0.39, 0.29) is 24.4 Å². The van der Waals surface area contributed by atoms with Crippen molar-refractivity contribution in [2.45, 2.75) is 38.6 Å². The van der Waals surface area contributed by atoms with Crippen LogP contribution in [0.25, 0.3) is 11.0 Å². The fourth-order valence-electron chi connectivity index (χ4n) is 3.86. The third-order valence-corrected chi connectivity index (χ3v) is 5.67. The minimum atomic E-state index is -0.0615. The molecule has 0 radical (unpaired) electrons. The summed E-state index contributed by atoms with van der Waals surface area (Å²) < 4.78 is 5.69. The minimum Gasteiger partial charge on any atom is -0.464 e. The lowest BCUT2D eigenvalue weighted by Crippen LogP contribution is -2.52. The maximum absolute atomic E-state index is 13.2. The van der Waals surface area contributed by atoms with E-state index < -0.39 is 0 Å². The Morgan fingerprint density at radius 3 is 2.97 bits per heavy atom. The van der Waals surface area contributed by atoms with Crippen LogP contribution in [0.1, 0.15) is 47.4 Å². The number of halogens is 1. The summed E-state index contributed by atoms with van der Waals surface area (Å²) in [5.41, 5.74) is 3.02. The number of H-pyrrole nitrogens is 1. The third-order valence-electron chi connectivity index (χ3n) is 5.67. The van der Waals surface area contributed by atoms with Gasteiger partial charge in [-0.2, -0.15) is 5.10 Å². The zero-order valence-electron chi connectivity index (χ0n) is 16.5. The van der Waals surface area contributed by atoms with Gasteiger partial charge in [0.25, 0.3) is 5.91 Å². The minimum absolute atomic E-state index is 0. The molecule has 3 aromatic rings. The molecule has 0 bridgehead atoms. The number of amides is 1. The smallest absolute Gasteiger partial charge is 0.273 e. The summed E-state index contributed by atoms with van der Waals surface area (Å²) in [6.07, 6.45) is 4.04. The topological polar surface area (TPSA) is 99.1 Å². The summed E-state index contributed by atoms with van der Waals surface area (Å²) in [6, 6.07) is 4.01. The van der Waals surface area contributed by atoms with Crippen molar-refractivity contribution < 1.29 is 9.21 Å². The Balaban J connectivity index is 0.00000205. The van der Waals surface area contributed by atoms with Gasteiger partial charge in [0.2, 0.25) is 0 Å². The van der Waals surface area contributed by atoms with Gasteiger partial charge in [0, 0.05) is 48.9 Å². The van der Waals surface area contributed by atoms with Crippen LogP contribution < -0.4 is 10.6 Å². The molecule has 1 saturated heterocycles. The van der Waals surface area contributed by atoms with Gasteiger partial charge in [-0.05, 0) is 32.8 Å². The van der Waals surface area contributed by atoms with Crippen LogP contribution in [-0.2, 0) is 0 Å². The second kappa shape index (κ2) is 7.68. The Labute approximate surface area is 174 Å². The number of fused-ring (bicyclic) bond motifs is 1. The Bertz CT molecular complexity index is 1040. The number of aryl methyl sites for hydroxylation is 1. The van der Waals surface area contributed by atoms with Gasteiger partial charge in [0.1, 0.15) is 17.1 Å². The molecule has 8 nitrogen and oxygen atoms in total. The largest absolute Gasteiger partial charge is 0.464 e. The lowest BCUT2D eigenvalue weighted by Gasteiger charge is -2.34. The molecular weight excluding hydrogens is 392 g/mol. The maximum atomic E-state index is 13.2. The van der Waals surface area contributed by atoms with Crippen LogP contribution in [0.3, 0.4) is 0 Å². The second-order valence-electron chi connectivity index (χ2n) is 7.76. The number of nitrogens with zero attached hydrogens (tertiary/aromatic N) is 3. The van der Waals surface area contributed by atoms with Gasteiger partial charge in [-0.15, -0.1) is 12.4 Å². The van der Waals surface area contributed by atoms with Crippen molar-refractivity contribution in [3.8, 4) is 0 Å². The van der Waals surface area contributed by atoms with Gasteiger partial charge >= 0.3 is 0 Å². The van der Waals surface area contributed by atoms with E-state index in [1.54, 1.807) is 6.26 Å². The Kier molecular flexibility index (Phi) is 5.23. The molecule has 29 heavy (non-hydrogen) atoms. The SMILES string of the molecule is Cc1c(C(=O)N2CCNC[C@H]2C)nc(Nc2cc(C3CC3)[nH]n2)c2ccoc12.Cl. The summed E-state index contributed by atoms with van der Waals surface area (Å²) in [6.45, 7) is 6.19. The highest BCUT2D eigenvalue weighted by Crippen LogP contribution is 2.40. The molecule has 2 fully saturated rings. The molecule has 1 aliphatic carbocycles. The number of aromatic nitrogens is 3. The molecule has 2 aliphatic rings.